The molecule has 9 aromatic carbocycles. The van der Waals surface area contributed by atoms with Crippen molar-refractivity contribution in [2.75, 3.05) is 0 Å². The van der Waals surface area contributed by atoms with E-state index in [0.717, 1.165) is 72.3 Å². The van der Waals surface area contributed by atoms with Gasteiger partial charge in [-0.2, -0.15) is 0 Å². The lowest BCUT2D eigenvalue weighted by molar-refractivity contribution is 0.669. The Morgan fingerprint density at radius 3 is 1.58 bits per heavy atom. The summed E-state index contributed by atoms with van der Waals surface area (Å²) in [5.74, 6) is 0.690. The highest BCUT2D eigenvalue weighted by molar-refractivity contribution is 6.12. The van der Waals surface area contributed by atoms with Crippen LogP contribution in [0.2, 0.25) is 0 Å². The highest BCUT2D eigenvalue weighted by Gasteiger charge is 2.45. The molecule has 0 spiro atoms. The molecule has 1 aliphatic rings. The molecule has 0 bridgehead atoms. The molecule has 2 heterocycles. The Bertz CT molecular complexity index is 3400. The third kappa shape index (κ3) is 5.74. The molecule has 12 rings (SSSR count). The van der Waals surface area contributed by atoms with E-state index < -0.39 is 5.41 Å². The number of fused-ring (bicyclic) bond motifs is 6. The molecule has 290 valence electrons. The smallest absolute Gasteiger partial charge is 0.160 e. The summed E-state index contributed by atoms with van der Waals surface area (Å²) in [4.78, 5) is 10.3. The van der Waals surface area contributed by atoms with E-state index in [1.54, 1.807) is 0 Å². The molecule has 2 aromatic heterocycles. The maximum Gasteiger partial charge on any atom is 0.160 e. The molecule has 0 saturated heterocycles. The average molecular weight is 791 g/mol. The molecule has 11 aromatic rings. The number of rotatable bonds is 7. The van der Waals surface area contributed by atoms with Gasteiger partial charge in [0.05, 0.1) is 16.8 Å². The van der Waals surface area contributed by atoms with Gasteiger partial charge in [-0.15, -0.1) is 0 Å². The number of aromatic nitrogens is 2. The predicted molar refractivity (Wildman–Crippen MR) is 254 cm³/mol. The van der Waals surface area contributed by atoms with Crippen LogP contribution in [0.4, 0.5) is 0 Å². The Labute approximate surface area is 360 Å². The van der Waals surface area contributed by atoms with Gasteiger partial charge in [0.2, 0.25) is 0 Å². The molecule has 0 radical (unpaired) electrons. The van der Waals surface area contributed by atoms with Gasteiger partial charge < -0.3 is 4.42 Å². The highest BCUT2D eigenvalue weighted by Crippen LogP contribution is 2.56. The van der Waals surface area contributed by atoms with Gasteiger partial charge in [-0.3, -0.25) is 0 Å². The number of hydrogen-bond acceptors (Lipinski definition) is 3. The van der Waals surface area contributed by atoms with Crippen molar-refractivity contribution in [3.8, 4) is 67.3 Å². The number of furan rings is 1. The summed E-state index contributed by atoms with van der Waals surface area (Å²) in [5, 5.41) is 2.25. The molecule has 0 unspecified atom stereocenters. The topological polar surface area (TPSA) is 38.9 Å². The Balaban J connectivity index is 0.930. The minimum atomic E-state index is -0.431. The monoisotopic (exact) mass is 790 g/mol. The average Bonchev–Trinajstić information content (AvgIpc) is 3.89. The standard InChI is InChI=1S/C59H38N2O/c1-3-15-42(16-4-1)58-60-53(41-31-29-40(30-32-41)47-24-14-28-56-57(47)50-23-9-12-27-55(50)62-56)38-54(61-58)44-18-13-17-43(37-44)39-33-35-46(36-34-39)59(45-19-5-2-6-20-45)51-25-10-7-21-48(51)49-22-8-11-26-52(49)59/h1-38H. The second kappa shape index (κ2) is 14.5. The van der Waals surface area contributed by atoms with Crippen molar-refractivity contribution in [1.29, 1.82) is 0 Å². The first-order chi connectivity index (χ1) is 30.7. The second-order valence-corrected chi connectivity index (χ2v) is 16.0. The molecule has 0 saturated carbocycles. The van der Waals surface area contributed by atoms with Crippen molar-refractivity contribution in [2.24, 2.45) is 0 Å². The van der Waals surface area contributed by atoms with Crippen molar-refractivity contribution in [1.82, 2.24) is 9.97 Å². The van der Waals surface area contributed by atoms with Crippen LogP contribution in [-0.4, -0.2) is 9.97 Å². The van der Waals surface area contributed by atoms with E-state index in [4.69, 9.17) is 14.4 Å². The van der Waals surface area contributed by atoms with Gasteiger partial charge in [-0.05, 0) is 79.9 Å². The first-order valence-electron chi connectivity index (χ1n) is 21.1. The molecule has 0 aliphatic heterocycles. The summed E-state index contributed by atoms with van der Waals surface area (Å²) in [7, 11) is 0. The van der Waals surface area contributed by atoms with Crippen molar-refractivity contribution in [3.63, 3.8) is 0 Å². The molecular weight excluding hydrogens is 753 g/mol. The second-order valence-electron chi connectivity index (χ2n) is 16.0. The quantitative estimate of drug-likeness (QED) is 0.161. The molecule has 1 aliphatic carbocycles. The van der Waals surface area contributed by atoms with Crippen LogP contribution in [0.15, 0.2) is 235 Å². The van der Waals surface area contributed by atoms with Gasteiger partial charge in [0.25, 0.3) is 0 Å². The summed E-state index contributed by atoms with van der Waals surface area (Å²) in [6, 6.07) is 82.2. The van der Waals surface area contributed by atoms with Crippen LogP contribution in [0, 0.1) is 0 Å². The summed E-state index contributed by atoms with van der Waals surface area (Å²) in [6.07, 6.45) is 0. The SMILES string of the molecule is c1ccc(-c2nc(-c3ccc(-c4cccc5oc6ccccc6c45)cc3)cc(-c3cccc(-c4ccc(C5(c6ccccc6)c6ccccc6-c6ccccc65)cc4)c3)n2)cc1. The summed E-state index contributed by atoms with van der Waals surface area (Å²) < 4.78 is 6.21. The summed E-state index contributed by atoms with van der Waals surface area (Å²) in [6.45, 7) is 0. The fourth-order valence-corrected chi connectivity index (χ4v) is 9.78. The Morgan fingerprint density at radius 1 is 0.323 bits per heavy atom. The molecule has 0 amide bonds. The van der Waals surface area contributed by atoms with E-state index >= 15 is 0 Å². The van der Waals surface area contributed by atoms with Crippen LogP contribution in [0.1, 0.15) is 22.3 Å². The van der Waals surface area contributed by atoms with E-state index in [1.807, 2.05) is 36.4 Å². The zero-order chi connectivity index (χ0) is 41.0. The Kier molecular flexibility index (Phi) is 8.39. The van der Waals surface area contributed by atoms with Crippen molar-refractivity contribution in [2.45, 2.75) is 5.41 Å². The first kappa shape index (κ1) is 35.8. The third-order valence-electron chi connectivity index (χ3n) is 12.6. The van der Waals surface area contributed by atoms with Crippen molar-refractivity contribution in [3.05, 3.63) is 253 Å². The zero-order valence-corrected chi connectivity index (χ0v) is 33.7. The van der Waals surface area contributed by atoms with Crippen molar-refractivity contribution < 1.29 is 4.42 Å². The molecule has 0 atom stereocenters. The fraction of sp³-hybridized carbons (Fsp3) is 0.0169. The lowest BCUT2D eigenvalue weighted by atomic mass is 9.67. The molecule has 3 nitrogen and oxygen atoms in total. The lowest BCUT2D eigenvalue weighted by Gasteiger charge is -2.34. The van der Waals surface area contributed by atoms with Gasteiger partial charge in [0, 0.05) is 27.5 Å². The van der Waals surface area contributed by atoms with Gasteiger partial charge in [0.1, 0.15) is 11.2 Å². The highest BCUT2D eigenvalue weighted by atomic mass is 16.3. The van der Waals surface area contributed by atoms with E-state index in [1.165, 1.54) is 33.4 Å². The van der Waals surface area contributed by atoms with Crippen molar-refractivity contribution >= 4 is 21.9 Å². The fourth-order valence-electron chi connectivity index (χ4n) is 9.78. The Morgan fingerprint density at radius 2 is 0.839 bits per heavy atom. The molecule has 3 heteroatoms. The van der Waals surface area contributed by atoms with Crippen LogP contribution in [0.5, 0.6) is 0 Å². The van der Waals surface area contributed by atoms with Gasteiger partial charge in [-0.25, -0.2) is 9.97 Å². The van der Waals surface area contributed by atoms with Gasteiger partial charge in [-0.1, -0.05) is 206 Å². The first-order valence-corrected chi connectivity index (χ1v) is 21.1. The van der Waals surface area contributed by atoms with Crippen LogP contribution in [0.25, 0.3) is 89.2 Å². The predicted octanol–water partition coefficient (Wildman–Crippen LogP) is 15.1. The maximum atomic E-state index is 6.21. The molecule has 0 fully saturated rings. The van der Waals surface area contributed by atoms with E-state index in [2.05, 4.69) is 194 Å². The molecular formula is C59H38N2O. The van der Waals surface area contributed by atoms with Gasteiger partial charge >= 0.3 is 0 Å². The minimum Gasteiger partial charge on any atom is -0.456 e. The van der Waals surface area contributed by atoms with Crippen LogP contribution >= 0.6 is 0 Å². The van der Waals surface area contributed by atoms with E-state index in [9.17, 15) is 0 Å². The number of hydrogen-bond donors (Lipinski definition) is 0. The van der Waals surface area contributed by atoms with E-state index in [-0.39, 0.29) is 0 Å². The molecule has 62 heavy (non-hydrogen) atoms. The van der Waals surface area contributed by atoms with Crippen LogP contribution < -0.4 is 0 Å². The number of para-hydroxylation sites is 1. The van der Waals surface area contributed by atoms with E-state index in [0.29, 0.717) is 5.82 Å². The summed E-state index contributed by atoms with van der Waals surface area (Å²) in [5.41, 5.74) is 18.4. The van der Waals surface area contributed by atoms with Crippen LogP contribution in [0.3, 0.4) is 0 Å². The van der Waals surface area contributed by atoms with Crippen LogP contribution in [-0.2, 0) is 5.41 Å². The summed E-state index contributed by atoms with van der Waals surface area (Å²) >= 11 is 0. The third-order valence-corrected chi connectivity index (χ3v) is 12.6. The molecule has 0 N–H and O–H groups in total. The zero-order valence-electron chi connectivity index (χ0n) is 33.7. The normalized spacial score (nSPS) is 12.6. The Hall–Kier alpha value is -8.14. The minimum absolute atomic E-state index is 0.431. The largest absolute Gasteiger partial charge is 0.456 e. The number of nitrogens with zero attached hydrogens (tertiary/aromatic N) is 2. The maximum absolute atomic E-state index is 6.21. The number of benzene rings is 9. The lowest BCUT2D eigenvalue weighted by Crippen LogP contribution is -2.28. The van der Waals surface area contributed by atoms with Gasteiger partial charge in [0.15, 0.2) is 5.82 Å².